The molecule has 0 atom stereocenters. The fraction of sp³-hybridized carbons (Fsp3) is 0.385. The van der Waals surface area contributed by atoms with E-state index in [1.807, 2.05) is 6.92 Å². The molecule has 6 heteroatoms. The normalized spacial score (nSPS) is 10.0. The van der Waals surface area contributed by atoms with Gasteiger partial charge in [0.15, 0.2) is 6.61 Å². The minimum Gasteiger partial charge on any atom is -0.507 e. The summed E-state index contributed by atoms with van der Waals surface area (Å²) >= 11 is 3.18. The van der Waals surface area contributed by atoms with Crippen molar-refractivity contribution in [2.75, 3.05) is 13.2 Å². The third kappa shape index (κ3) is 5.30. The molecular weight excluding hydrogens is 316 g/mol. The lowest BCUT2D eigenvalue weighted by Crippen LogP contribution is -2.17. The highest BCUT2D eigenvalue weighted by Gasteiger charge is 2.15. The maximum Gasteiger partial charge on any atom is 0.344 e. The topological polar surface area (TPSA) is 72.8 Å². The molecule has 0 radical (unpaired) electrons. The van der Waals surface area contributed by atoms with E-state index in [0.29, 0.717) is 11.1 Å². The molecule has 0 aliphatic heterocycles. The number of phenols is 1. The van der Waals surface area contributed by atoms with Crippen LogP contribution in [0.1, 0.15) is 30.1 Å². The fourth-order valence-electron chi connectivity index (χ4n) is 1.25. The highest BCUT2D eigenvalue weighted by atomic mass is 79.9. The largest absolute Gasteiger partial charge is 0.507 e. The van der Waals surface area contributed by atoms with Gasteiger partial charge in [-0.15, -0.1) is 0 Å². The molecule has 0 aliphatic carbocycles. The van der Waals surface area contributed by atoms with Crippen molar-refractivity contribution in [1.29, 1.82) is 0 Å². The van der Waals surface area contributed by atoms with Crippen LogP contribution < -0.4 is 0 Å². The van der Waals surface area contributed by atoms with Crippen molar-refractivity contribution in [3.63, 3.8) is 0 Å². The maximum atomic E-state index is 11.6. The Morgan fingerprint density at radius 1 is 1.32 bits per heavy atom. The van der Waals surface area contributed by atoms with Crippen LogP contribution in [0.25, 0.3) is 0 Å². The first-order chi connectivity index (χ1) is 9.04. The van der Waals surface area contributed by atoms with Gasteiger partial charge in [-0.1, -0.05) is 29.3 Å². The Balaban J connectivity index is 2.47. The van der Waals surface area contributed by atoms with E-state index in [1.165, 1.54) is 12.1 Å². The Morgan fingerprint density at radius 2 is 2.05 bits per heavy atom. The second kappa shape index (κ2) is 7.78. The summed E-state index contributed by atoms with van der Waals surface area (Å²) in [6, 6.07) is 4.37. The average Bonchev–Trinajstić information content (AvgIpc) is 2.39. The zero-order valence-corrected chi connectivity index (χ0v) is 12.1. The van der Waals surface area contributed by atoms with Crippen molar-refractivity contribution in [1.82, 2.24) is 0 Å². The minimum absolute atomic E-state index is 0.00395. The quantitative estimate of drug-likeness (QED) is 0.641. The molecule has 0 fully saturated rings. The van der Waals surface area contributed by atoms with E-state index in [2.05, 4.69) is 15.9 Å². The lowest BCUT2D eigenvalue weighted by molar-refractivity contribution is -0.147. The van der Waals surface area contributed by atoms with Gasteiger partial charge in [0.05, 0.1) is 6.61 Å². The molecule has 0 saturated carbocycles. The van der Waals surface area contributed by atoms with Crippen LogP contribution in [-0.4, -0.2) is 30.3 Å². The molecule has 0 bridgehead atoms. The predicted octanol–water partition coefficient (Wildman–Crippen LogP) is 2.65. The van der Waals surface area contributed by atoms with Crippen molar-refractivity contribution in [3.05, 3.63) is 28.2 Å². The number of aromatic hydroxyl groups is 1. The monoisotopic (exact) mass is 330 g/mol. The number of unbranched alkanes of at least 4 members (excludes halogenated alkanes) is 1. The van der Waals surface area contributed by atoms with Gasteiger partial charge < -0.3 is 14.6 Å². The number of benzene rings is 1. The summed E-state index contributed by atoms with van der Waals surface area (Å²) in [6.07, 6.45) is 1.69. The standard InChI is InChI=1S/C13H15BrO5/c1-2-3-6-18-12(16)8-19-13(17)10-7-9(14)4-5-11(10)15/h4-5,7,15H,2-3,6,8H2,1H3. The number of hydrogen-bond acceptors (Lipinski definition) is 5. The van der Waals surface area contributed by atoms with E-state index in [0.717, 1.165) is 12.8 Å². The molecule has 0 amide bonds. The Hall–Kier alpha value is -1.56. The second-order valence-electron chi connectivity index (χ2n) is 3.81. The number of carbonyl (C=O) groups is 2. The molecule has 19 heavy (non-hydrogen) atoms. The van der Waals surface area contributed by atoms with Gasteiger partial charge >= 0.3 is 11.9 Å². The molecule has 0 spiro atoms. The number of halogens is 1. The van der Waals surface area contributed by atoms with Gasteiger partial charge in [-0.2, -0.15) is 0 Å². The first kappa shape index (κ1) is 15.5. The van der Waals surface area contributed by atoms with Crippen LogP contribution in [-0.2, 0) is 14.3 Å². The molecule has 0 aromatic heterocycles. The molecule has 1 rings (SSSR count). The van der Waals surface area contributed by atoms with Gasteiger partial charge in [0.25, 0.3) is 0 Å². The van der Waals surface area contributed by atoms with Crippen molar-refractivity contribution >= 4 is 27.9 Å². The van der Waals surface area contributed by atoms with E-state index in [1.54, 1.807) is 6.07 Å². The van der Waals surface area contributed by atoms with E-state index < -0.39 is 18.5 Å². The van der Waals surface area contributed by atoms with Crippen LogP contribution in [0, 0.1) is 0 Å². The Bertz CT molecular complexity index is 458. The summed E-state index contributed by atoms with van der Waals surface area (Å²) in [5, 5.41) is 9.51. The maximum absolute atomic E-state index is 11.6. The van der Waals surface area contributed by atoms with Crippen molar-refractivity contribution < 1.29 is 24.2 Å². The number of phenolic OH excluding ortho intramolecular Hbond substituents is 1. The summed E-state index contributed by atoms with van der Waals surface area (Å²) in [5.41, 5.74) is -0.00395. The Morgan fingerprint density at radius 3 is 2.74 bits per heavy atom. The zero-order valence-electron chi connectivity index (χ0n) is 10.5. The number of esters is 2. The lowest BCUT2D eigenvalue weighted by atomic mass is 10.2. The third-order valence-electron chi connectivity index (χ3n) is 2.26. The molecule has 1 aromatic carbocycles. The van der Waals surface area contributed by atoms with E-state index >= 15 is 0 Å². The van der Waals surface area contributed by atoms with Crippen LogP contribution in [0.3, 0.4) is 0 Å². The highest BCUT2D eigenvalue weighted by Crippen LogP contribution is 2.22. The van der Waals surface area contributed by atoms with E-state index in [9.17, 15) is 14.7 Å². The van der Waals surface area contributed by atoms with E-state index in [-0.39, 0.29) is 11.3 Å². The lowest BCUT2D eigenvalue weighted by Gasteiger charge is -2.07. The van der Waals surface area contributed by atoms with Crippen molar-refractivity contribution in [3.8, 4) is 5.75 Å². The van der Waals surface area contributed by atoms with Gasteiger partial charge in [0, 0.05) is 4.47 Å². The van der Waals surface area contributed by atoms with Crippen LogP contribution in [0.2, 0.25) is 0 Å². The molecule has 0 heterocycles. The van der Waals surface area contributed by atoms with Gasteiger partial charge in [0.1, 0.15) is 11.3 Å². The van der Waals surface area contributed by atoms with Crippen molar-refractivity contribution in [2.24, 2.45) is 0 Å². The number of ether oxygens (including phenoxy) is 2. The van der Waals surface area contributed by atoms with E-state index in [4.69, 9.17) is 9.47 Å². The molecule has 1 N–H and O–H groups in total. The summed E-state index contributed by atoms with van der Waals surface area (Å²) in [7, 11) is 0. The number of carbonyl (C=O) groups excluding carboxylic acids is 2. The third-order valence-corrected chi connectivity index (χ3v) is 2.75. The second-order valence-corrected chi connectivity index (χ2v) is 4.73. The summed E-state index contributed by atoms with van der Waals surface area (Å²) in [6.45, 7) is 1.83. The van der Waals surface area contributed by atoms with Gasteiger partial charge in [-0.3, -0.25) is 0 Å². The first-order valence-electron chi connectivity index (χ1n) is 5.86. The molecule has 0 unspecified atom stereocenters. The molecule has 5 nitrogen and oxygen atoms in total. The van der Waals surface area contributed by atoms with Crippen LogP contribution in [0.5, 0.6) is 5.75 Å². The smallest absolute Gasteiger partial charge is 0.344 e. The summed E-state index contributed by atoms with van der Waals surface area (Å²) in [4.78, 5) is 22.9. The zero-order chi connectivity index (χ0) is 14.3. The Kier molecular flexibility index (Phi) is 6.35. The SMILES string of the molecule is CCCCOC(=O)COC(=O)c1cc(Br)ccc1O. The number of rotatable bonds is 6. The van der Waals surface area contributed by atoms with Crippen LogP contribution >= 0.6 is 15.9 Å². The molecule has 104 valence electrons. The average molecular weight is 331 g/mol. The molecule has 0 aliphatic rings. The summed E-state index contributed by atoms with van der Waals surface area (Å²) < 4.78 is 10.2. The molecular formula is C13H15BrO5. The van der Waals surface area contributed by atoms with Gasteiger partial charge in [-0.05, 0) is 24.6 Å². The van der Waals surface area contributed by atoms with Crippen LogP contribution in [0.15, 0.2) is 22.7 Å². The van der Waals surface area contributed by atoms with Gasteiger partial charge in [-0.25, -0.2) is 9.59 Å². The van der Waals surface area contributed by atoms with Crippen molar-refractivity contribution in [2.45, 2.75) is 19.8 Å². The molecule has 0 saturated heterocycles. The summed E-state index contributed by atoms with van der Waals surface area (Å²) in [5.74, 6) is -1.57. The minimum atomic E-state index is -0.772. The highest BCUT2D eigenvalue weighted by molar-refractivity contribution is 9.10. The molecule has 1 aromatic rings. The Labute approximate surface area is 119 Å². The fourth-order valence-corrected chi connectivity index (χ4v) is 1.61. The van der Waals surface area contributed by atoms with Crippen LogP contribution in [0.4, 0.5) is 0 Å². The predicted molar refractivity (Wildman–Crippen MR) is 72.0 cm³/mol. The number of hydrogen-bond donors (Lipinski definition) is 1. The van der Waals surface area contributed by atoms with Gasteiger partial charge in [0.2, 0.25) is 0 Å². The first-order valence-corrected chi connectivity index (χ1v) is 6.65.